The third-order valence-electron chi connectivity index (χ3n) is 3.64. The van der Waals surface area contributed by atoms with Gasteiger partial charge in [0.2, 0.25) is 0 Å². The van der Waals surface area contributed by atoms with Crippen molar-refractivity contribution in [2.24, 2.45) is 5.84 Å². The molecule has 102 valence electrons. The van der Waals surface area contributed by atoms with Crippen LogP contribution in [0.25, 0.3) is 11.0 Å². The molecule has 0 radical (unpaired) electrons. The van der Waals surface area contributed by atoms with E-state index in [1.807, 2.05) is 19.1 Å². The molecule has 1 aromatic carbocycles. The predicted molar refractivity (Wildman–Crippen MR) is 69.8 cm³/mol. The molecule has 1 aliphatic heterocycles. The fourth-order valence-electron chi connectivity index (χ4n) is 2.65. The Morgan fingerprint density at radius 2 is 2.26 bits per heavy atom. The molecule has 0 spiro atoms. The van der Waals surface area contributed by atoms with Crippen molar-refractivity contribution >= 4 is 11.0 Å². The van der Waals surface area contributed by atoms with Crippen LogP contribution in [0.4, 0.5) is 4.39 Å². The number of halogens is 1. The molecule has 2 heterocycles. The molecule has 2 aromatic rings. The summed E-state index contributed by atoms with van der Waals surface area (Å²) in [6.07, 6.45) is 2.10. The number of ether oxygens (including phenoxy) is 1. The molecular weight excluding hydrogens is 247 g/mol. The maximum Gasteiger partial charge on any atom is 0.169 e. The molecule has 1 aromatic heterocycles. The zero-order valence-corrected chi connectivity index (χ0v) is 10.7. The van der Waals surface area contributed by atoms with E-state index >= 15 is 0 Å². The average molecular weight is 264 g/mol. The van der Waals surface area contributed by atoms with Crippen molar-refractivity contribution in [2.75, 3.05) is 0 Å². The van der Waals surface area contributed by atoms with Crippen LogP contribution in [-0.4, -0.2) is 12.2 Å². The van der Waals surface area contributed by atoms with Crippen molar-refractivity contribution in [3.63, 3.8) is 0 Å². The van der Waals surface area contributed by atoms with Gasteiger partial charge in [-0.2, -0.15) is 0 Å². The Morgan fingerprint density at radius 3 is 2.89 bits per heavy atom. The Labute approximate surface area is 110 Å². The van der Waals surface area contributed by atoms with E-state index in [1.165, 1.54) is 6.07 Å². The van der Waals surface area contributed by atoms with Crippen molar-refractivity contribution < 1.29 is 13.5 Å². The van der Waals surface area contributed by atoms with Gasteiger partial charge < -0.3 is 9.15 Å². The van der Waals surface area contributed by atoms with Gasteiger partial charge in [0.05, 0.1) is 12.2 Å². The van der Waals surface area contributed by atoms with Crippen molar-refractivity contribution in [2.45, 2.75) is 38.0 Å². The van der Waals surface area contributed by atoms with Gasteiger partial charge in [-0.25, -0.2) is 9.82 Å². The lowest BCUT2D eigenvalue weighted by molar-refractivity contribution is 0.0271. The summed E-state index contributed by atoms with van der Waals surface area (Å²) in [4.78, 5) is 0. The summed E-state index contributed by atoms with van der Waals surface area (Å²) < 4.78 is 25.0. The molecule has 1 aliphatic rings. The Morgan fingerprint density at radius 1 is 1.42 bits per heavy atom. The maximum atomic E-state index is 13.6. The molecule has 1 fully saturated rings. The summed E-state index contributed by atoms with van der Waals surface area (Å²) >= 11 is 0. The lowest BCUT2D eigenvalue weighted by Gasteiger charge is -2.20. The molecule has 0 saturated carbocycles. The van der Waals surface area contributed by atoms with E-state index in [4.69, 9.17) is 15.0 Å². The van der Waals surface area contributed by atoms with Gasteiger partial charge in [-0.15, -0.1) is 0 Å². The topological polar surface area (TPSA) is 60.4 Å². The molecule has 5 heteroatoms. The van der Waals surface area contributed by atoms with E-state index in [0.29, 0.717) is 5.76 Å². The zero-order chi connectivity index (χ0) is 13.4. The lowest BCUT2D eigenvalue weighted by atomic mass is 10.1. The SMILES string of the molecule is CC1CCC(C(NN)c2cc3cccc(F)c3o2)O1. The number of furan rings is 1. The monoisotopic (exact) mass is 264 g/mol. The zero-order valence-electron chi connectivity index (χ0n) is 10.7. The number of nitrogens with one attached hydrogen (secondary N) is 1. The van der Waals surface area contributed by atoms with E-state index in [9.17, 15) is 4.39 Å². The van der Waals surface area contributed by atoms with Crippen LogP contribution in [0.15, 0.2) is 28.7 Å². The molecule has 0 aliphatic carbocycles. The Bertz CT molecular complexity index is 584. The number of hydrogen-bond donors (Lipinski definition) is 2. The van der Waals surface area contributed by atoms with Crippen LogP contribution in [0.2, 0.25) is 0 Å². The highest BCUT2D eigenvalue weighted by molar-refractivity contribution is 5.78. The minimum absolute atomic E-state index is 0.0383. The molecule has 3 rings (SSSR count). The number of nitrogens with two attached hydrogens (primary N) is 1. The smallest absolute Gasteiger partial charge is 0.169 e. The molecule has 4 nitrogen and oxygen atoms in total. The Kier molecular flexibility index (Phi) is 3.26. The van der Waals surface area contributed by atoms with Crippen LogP contribution >= 0.6 is 0 Å². The molecule has 3 atom stereocenters. The fraction of sp³-hybridized carbons (Fsp3) is 0.429. The summed E-state index contributed by atoms with van der Waals surface area (Å²) in [7, 11) is 0. The van der Waals surface area contributed by atoms with Crippen LogP contribution < -0.4 is 11.3 Å². The molecule has 1 saturated heterocycles. The van der Waals surface area contributed by atoms with Crippen LogP contribution in [-0.2, 0) is 4.74 Å². The van der Waals surface area contributed by atoms with E-state index in [0.717, 1.165) is 18.2 Å². The fourth-order valence-corrected chi connectivity index (χ4v) is 2.65. The van der Waals surface area contributed by atoms with E-state index in [-0.39, 0.29) is 29.7 Å². The number of hydrazine groups is 1. The van der Waals surface area contributed by atoms with Gasteiger partial charge in [0, 0.05) is 5.39 Å². The highest BCUT2D eigenvalue weighted by atomic mass is 19.1. The maximum absolute atomic E-state index is 13.6. The van der Waals surface area contributed by atoms with Crippen molar-refractivity contribution in [1.29, 1.82) is 0 Å². The molecule has 3 unspecified atom stereocenters. The average Bonchev–Trinajstić information content (AvgIpc) is 2.98. The summed E-state index contributed by atoms with van der Waals surface area (Å²) in [5.74, 6) is 5.86. The minimum atomic E-state index is -0.361. The number of benzene rings is 1. The molecule has 3 N–H and O–H groups in total. The predicted octanol–water partition coefficient (Wildman–Crippen LogP) is 2.64. The second-order valence-electron chi connectivity index (χ2n) is 5.01. The Hall–Kier alpha value is -1.43. The lowest BCUT2D eigenvalue weighted by Crippen LogP contribution is -2.36. The second kappa shape index (κ2) is 4.92. The van der Waals surface area contributed by atoms with Gasteiger partial charge in [0.1, 0.15) is 11.8 Å². The van der Waals surface area contributed by atoms with Crippen LogP contribution in [0.3, 0.4) is 0 Å². The molecule has 0 bridgehead atoms. The van der Waals surface area contributed by atoms with Gasteiger partial charge in [-0.1, -0.05) is 12.1 Å². The highest BCUT2D eigenvalue weighted by Gasteiger charge is 2.32. The summed E-state index contributed by atoms with van der Waals surface area (Å²) in [5, 5.41) is 0.737. The highest BCUT2D eigenvalue weighted by Crippen LogP contribution is 2.33. The first kappa shape index (κ1) is 12.6. The summed E-state index contributed by atoms with van der Waals surface area (Å²) in [5.41, 5.74) is 2.99. The number of rotatable bonds is 3. The number of hydrogen-bond acceptors (Lipinski definition) is 4. The molecule has 0 amide bonds. The standard InChI is InChI=1S/C14H17FN2O2/c1-8-5-6-11(18-8)13(17-16)12-7-9-3-2-4-10(15)14(9)19-12/h2-4,7-8,11,13,17H,5-6,16H2,1H3. The minimum Gasteiger partial charge on any atom is -0.456 e. The van der Waals surface area contributed by atoms with E-state index in [1.54, 1.807) is 6.07 Å². The summed E-state index contributed by atoms with van der Waals surface area (Å²) in [6, 6.07) is 6.42. The van der Waals surface area contributed by atoms with Gasteiger partial charge in [-0.05, 0) is 31.9 Å². The first-order chi connectivity index (χ1) is 9.19. The second-order valence-corrected chi connectivity index (χ2v) is 5.01. The van der Waals surface area contributed by atoms with Crippen molar-refractivity contribution in [3.05, 3.63) is 35.8 Å². The van der Waals surface area contributed by atoms with Gasteiger partial charge in [-0.3, -0.25) is 5.84 Å². The third-order valence-corrected chi connectivity index (χ3v) is 3.64. The summed E-state index contributed by atoms with van der Waals surface area (Å²) in [6.45, 7) is 2.03. The molecular formula is C14H17FN2O2. The quantitative estimate of drug-likeness (QED) is 0.661. The van der Waals surface area contributed by atoms with Gasteiger partial charge in [0.25, 0.3) is 0 Å². The van der Waals surface area contributed by atoms with E-state index in [2.05, 4.69) is 5.43 Å². The largest absolute Gasteiger partial charge is 0.456 e. The Balaban J connectivity index is 1.95. The van der Waals surface area contributed by atoms with Crippen LogP contribution in [0, 0.1) is 5.82 Å². The third kappa shape index (κ3) is 2.25. The first-order valence-corrected chi connectivity index (χ1v) is 6.48. The van der Waals surface area contributed by atoms with Crippen LogP contribution in [0.5, 0.6) is 0 Å². The number of fused-ring (bicyclic) bond motifs is 1. The van der Waals surface area contributed by atoms with E-state index < -0.39 is 0 Å². The van der Waals surface area contributed by atoms with Crippen LogP contribution in [0.1, 0.15) is 31.6 Å². The molecule has 19 heavy (non-hydrogen) atoms. The first-order valence-electron chi connectivity index (χ1n) is 6.48. The van der Waals surface area contributed by atoms with Crippen molar-refractivity contribution in [1.82, 2.24) is 5.43 Å². The van der Waals surface area contributed by atoms with Gasteiger partial charge in [0.15, 0.2) is 11.4 Å². The normalized spacial score (nSPS) is 25.0. The van der Waals surface area contributed by atoms with Crippen molar-refractivity contribution in [3.8, 4) is 0 Å². The van der Waals surface area contributed by atoms with Gasteiger partial charge >= 0.3 is 0 Å². The number of para-hydroxylation sites is 1.